The topological polar surface area (TPSA) is 99.3 Å². The number of hydrogen-bond donors (Lipinski definition) is 3. The SMILES string of the molecule is CCCC[C@H](NC(=O)c1c(C)cc(C)[nH]c1=O)C(=O)O. The van der Waals surface area contributed by atoms with E-state index in [4.69, 9.17) is 5.11 Å². The highest BCUT2D eigenvalue weighted by Gasteiger charge is 2.22. The molecule has 1 aromatic heterocycles. The number of pyridine rings is 1. The lowest BCUT2D eigenvalue weighted by molar-refractivity contribution is -0.139. The van der Waals surface area contributed by atoms with E-state index >= 15 is 0 Å². The van der Waals surface area contributed by atoms with E-state index in [-0.39, 0.29) is 5.56 Å². The minimum absolute atomic E-state index is 0.0293. The van der Waals surface area contributed by atoms with Crippen LogP contribution in [0.15, 0.2) is 10.9 Å². The smallest absolute Gasteiger partial charge is 0.326 e. The summed E-state index contributed by atoms with van der Waals surface area (Å²) in [6, 6.07) is 0.709. The number of carboxylic acid groups (broad SMARTS) is 1. The van der Waals surface area contributed by atoms with Gasteiger partial charge in [0.25, 0.3) is 11.5 Å². The minimum atomic E-state index is -1.09. The standard InChI is InChI=1S/C14H20N2O4/c1-4-5-6-10(14(19)20)16-13(18)11-8(2)7-9(3)15-12(11)17/h7,10H,4-6H2,1-3H3,(H,15,17)(H,16,18)(H,19,20)/t10-/m0/s1. The van der Waals surface area contributed by atoms with E-state index in [1.165, 1.54) is 0 Å². The summed E-state index contributed by atoms with van der Waals surface area (Å²) in [5.41, 5.74) is 0.658. The van der Waals surface area contributed by atoms with Crippen LogP contribution in [0.2, 0.25) is 0 Å². The molecule has 0 aliphatic rings. The van der Waals surface area contributed by atoms with Gasteiger partial charge in [0, 0.05) is 5.69 Å². The predicted octanol–water partition coefficient (Wildman–Crippen LogP) is 1.36. The Morgan fingerprint density at radius 3 is 2.55 bits per heavy atom. The van der Waals surface area contributed by atoms with Crippen LogP contribution in [0.3, 0.4) is 0 Å². The molecule has 1 rings (SSSR count). The highest BCUT2D eigenvalue weighted by molar-refractivity contribution is 5.97. The third kappa shape index (κ3) is 3.94. The quantitative estimate of drug-likeness (QED) is 0.732. The summed E-state index contributed by atoms with van der Waals surface area (Å²) >= 11 is 0. The van der Waals surface area contributed by atoms with Crippen molar-refractivity contribution in [1.82, 2.24) is 10.3 Å². The van der Waals surface area contributed by atoms with Gasteiger partial charge < -0.3 is 15.4 Å². The fourth-order valence-electron chi connectivity index (χ4n) is 2.03. The number of hydrogen-bond acceptors (Lipinski definition) is 3. The van der Waals surface area contributed by atoms with Crippen LogP contribution in [0, 0.1) is 13.8 Å². The Hall–Kier alpha value is -2.11. The van der Waals surface area contributed by atoms with Crippen molar-refractivity contribution >= 4 is 11.9 Å². The summed E-state index contributed by atoms with van der Waals surface area (Å²) in [6.07, 6.45) is 1.88. The fourth-order valence-corrected chi connectivity index (χ4v) is 2.03. The third-order valence-corrected chi connectivity index (χ3v) is 3.04. The van der Waals surface area contributed by atoms with Gasteiger partial charge in [-0.2, -0.15) is 0 Å². The zero-order chi connectivity index (χ0) is 15.3. The molecule has 1 heterocycles. The molecule has 1 aromatic rings. The van der Waals surface area contributed by atoms with Crippen molar-refractivity contribution in [3.8, 4) is 0 Å². The first-order valence-corrected chi connectivity index (χ1v) is 6.61. The Balaban J connectivity index is 2.95. The molecular formula is C14H20N2O4. The molecule has 0 bridgehead atoms. The van der Waals surface area contributed by atoms with Crippen LogP contribution in [-0.2, 0) is 4.79 Å². The molecule has 1 amide bonds. The van der Waals surface area contributed by atoms with E-state index in [0.717, 1.165) is 6.42 Å². The largest absolute Gasteiger partial charge is 0.480 e. The van der Waals surface area contributed by atoms with Crippen molar-refractivity contribution in [3.63, 3.8) is 0 Å². The van der Waals surface area contributed by atoms with Crippen LogP contribution in [0.1, 0.15) is 47.8 Å². The zero-order valence-corrected chi connectivity index (χ0v) is 11.9. The second kappa shape index (κ2) is 6.88. The average molecular weight is 280 g/mol. The highest BCUT2D eigenvalue weighted by atomic mass is 16.4. The zero-order valence-electron chi connectivity index (χ0n) is 11.9. The molecule has 6 heteroatoms. The van der Waals surface area contributed by atoms with Crippen LogP contribution in [0.4, 0.5) is 0 Å². The molecule has 0 fully saturated rings. The van der Waals surface area contributed by atoms with Gasteiger partial charge >= 0.3 is 5.97 Å². The summed E-state index contributed by atoms with van der Waals surface area (Å²) in [6.45, 7) is 5.31. The van der Waals surface area contributed by atoms with Gasteiger partial charge in [-0.15, -0.1) is 0 Å². The van der Waals surface area contributed by atoms with Crippen LogP contribution in [0.5, 0.6) is 0 Å². The Bertz CT molecular complexity index is 563. The number of H-pyrrole nitrogens is 1. The number of aliphatic carboxylic acids is 1. The van der Waals surface area contributed by atoms with Crippen molar-refractivity contribution in [1.29, 1.82) is 0 Å². The first kappa shape index (κ1) is 15.9. The maximum atomic E-state index is 12.1. The summed E-state index contributed by atoms with van der Waals surface area (Å²) in [4.78, 5) is 37.5. The molecule has 1 atom stereocenters. The normalized spacial score (nSPS) is 11.9. The van der Waals surface area contributed by atoms with Gasteiger partial charge in [0.1, 0.15) is 11.6 Å². The number of aryl methyl sites for hydroxylation is 2. The van der Waals surface area contributed by atoms with Crippen LogP contribution in [0.25, 0.3) is 0 Å². The molecule has 0 saturated carbocycles. The second-order valence-corrected chi connectivity index (χ2v) is 4.85. The monoisotopic (exact) mass is 280 g/mol. The number of unbranched alkanes of at least 4 members (excludes halogenated alkanes) is 1. The summed E-state index contributed by atoms with van der Waals surface area (Å²) in [5, 5.41) is 11.5. The van der Waals surface area contributed by atoms with Gasteiger partial charge in [-0.1, -0.05) is 19.8 Å². The van der Waals surface area contributed by atoms with Crippen molar-refractivity contribution in [2.45, 2.75) is 46.1 Å². The predicted molar refractivity (Wildman–Crippen MR) is 75.0 cm³/mol. The summed E-state index contributed by atoms with van der Waals surface area (Å²) in [5.74, 6) is -1.74. The molecule has 0 aliphatic heterocycles. The highest BCUT2D eigenvalue weighted by Crippen LogP contribution is 2.06. The summed E-state index contributed by atoms with van der Waals surface area (Å²) in [7, 11) is 0. The molecule has 0 spiro atoms. The maximum absolute atomic E-state index is 12.1. The van der Waals surface area contributed by atoms with Gasteiger partial charge in [0.2, 0.25) is 0 Å². The van der Waals surface area contributed by atoms with Gasteiger partial charge in [0.15, 0.2) is 0 Å². The number of amides is 1. The van der Waals surface area contributed by atoms with Crippen molar-refractivity contribution in [2.24, 2.45) is 0 Å². The number of aromatic amines is 1. The fraction of sp³-hybridized carbons (Fsp3) is 0.500. The van der Waals surface area contributed by atoms with Crippen molar-refractivity contribution in [2.75, 3.05) is 0 Å². The van der Waals surface area contributed by atoms with E-state index in [9.17, 15) is 14.4 Å². The lowest BCUT2D eigenvalue weighted by Gasteiger charge is -2.14. The Kier molecular flexibility index (Phi) is 5.49. The first-order chi connectivity index (χ1) is 9.36. The van der Waals surface area contributed by atoms with Gasteiger partial charge in [0.05, 0.1) is 0 Å². The van der Waals surface area contributed by atoms with Gasteiger partial charge in [-0.25, -0.2) is 4.79 Å². The van der Waals surface area contributed by atoms with Crippen LogP contribution >= 0.6 is 0 Å². The van der Waals surface area contributed by atoms with Gasteiger partial charge in [-0.05, 0) is 31.9 Å². The molecule has 0 aliphatic carbocycles. The molecule has 0 radical (unpaired) electrons. The lowest BCUT2D eigenvalue weighted by Crippen LogP contribution is -2.42. The number of carbonyl (C=O) groups is 2. The van der Waals surface area contributed by atoms with Crippen molar-refractivity contribution in [3.05, 3.63) is 33.2 Å². The maximum Gasteiger partial charge on any atom is 0.326 e. The number of nitrogens with one attached hydrogen (secondary N) is 2. The molecule has 0 unspecified atom stereocenters. The molecule has 110 valence electrons. The van der Waals surface area contributed by atoms with Crippen molar-refractivity contribution < 1.29 is 14.7 Å². The number of rotatable bonds is 6. The second-order valence-electron chi connectivity index (χ2n) is 4.85. The Labute approximate surface area is 117 Å². The van der Waals surface area contributed by atoms with Crippen LogP contribution < -0.4 is 10.9 Å². The Morgan fingerprint density at radius 2 is 2.05 bits per heavy atom. The average Bonchev–Trinajstić information content (AvgIpc) is 2.32. The molecule has 0 saturated heterocycles. The molecule has 0 aromatic carbocycles. The number of carboxylic acids is 1. The van der Waals surface area contributed by atoms with Gasteiger partial charge in [-0.3, -0.25) is 9.59 Å². The molecule has 20 heavy (non-hydrogen) atoms. The molecule has 6 nitrogen and oxygen atoms in total. The molecular weight excluding hydrogens is 260 g/mol. The van der Waals surface area contributed by atoms with E-state index < -0.39 is 23.5 Å². The minimum Gasteiger partial charge on any atom is -0.480 e. The summed E-state index contributed by atoms with van der Waals surface area (Å²) < 4.78 is 0. The van der Waals surface area contributed by atoms with E-state index in [2.05, 4.69) is 10.3 Å². The van der Waals surface area contributed by atoms with Crippen LogP contribution in [-0.4, -0.2) is 28.0 Å². The van der Waals surface area contributed by atoms with E-state index in [0.29, 0.717) is 24.1 Å². The van der Waals surface area contributed by atoms with E-state index in [1.807, 2.05) is 6.92 Å². The first-order valence-electron chi connectivity index (χ1n) is 6.61. The van der Waals surface area contributed by atoms with E-state index in [1.54, 1.807) is 19.9 Å². The molecule has 3 N–H and O–H groups in total. The third-order valence-electron chi connectivity index (χ3n) is 3.04. The number of carbonyl (C=O) groups excluding carboxylic acids is 1. The Morgan fingerprint density at radius 1 is 1.40 bits per heavy atom. The lowest BCUT2D eigenvalue weighted by atomic mass is 10.1. The number of aromatic nitrogens is 1.